The minimum Gasteiger partial charge on any atom is -0.497 e. The van der Waals surface area contributed by atoms with Gasteiger partial charge in [0, 0.05) is 18.1 Å². The number of pyridine rings is 1. The van der Waals surface area contributed by atoms with Gasteiger partial charge in [-0.25, -0.2) is 0 Å². The first-order chi connectivity index (χ1) is 14.3. The quantitative estimate of drug-likeness (QED) is 0.379. The van der Waals surface area contributed by atoms with Crippen molar-refractivity contribution in [2.45, 2.75) is 13.1 Å². The van der Waals surface area contributed by atoms with Crippen LogP contribution in [0.1, 0.15) is 10.7 Å². The molecule has 0 aliphatic carbocycles. The van der Waals surface area contributed by atoms with E-state index >= 15 is 0 Å². The monoisotopic (exact) mass is 406 g/mol. The van der Waals surface area contributed by atoms with E-state index < -0.39 is 0 Å². The maximum Gasteiger partial charge on any atom is 0.191 e. The number of hydrogen-bond acceptors (Lipinski definition) is 5. The summed E-state index contributed by atoms with van der Waals surface area (Å²) in [7, 11) is 3.43. The zero-order valence-electron chi connectivity index (χ0n) is 16.3. The summed E-state index contributed by atoms with van der Waals surface area (Å²) in [5.41, 5.74) is 3.21. The van der Waals surface area contributed by atoms with E-state index in [2.05, 4.69) is 49.4 Å². The topological polar surface area (TPSA) is 75.8 Å². The zero-order chi connectivity index (χ0) is 20.1. The molecule has 8 heteroatoms. The van der Waals surface area contributed by atoms with Crippen molar-refractivity contribution in [3.63, 3.8) is 0 Å². The van der Waals surface area contributed by atoms with Gasteiger partial charge in [-0.2, -0.15) is 0 Å². The van der Waals surface area contributed by atoms with E-state index in [4.69, 9.17) is 4.74 Å². The summed E-state index contributed by atoms with van der Waals surface area (Å²) in [6, 6.07) is 16.1. The molecular weight excluding hydrogens is 384 g/mol. The summed E-state index contributed by atoms with van der Waals surface area (Å²) in [4.78, 5) is 5.52. The lowest BCUT2D eigenvalue weighted by molar-refractivity contribution is 0.415. The van der Waals surface area contributed by atoms with Gasteiger partial charge in [0.25, 0.3) is 0 Å². The fourth-order valence-corrected chi connectivity index (χ4v) is 3.81. The third-order valence-corrected chi connectivity index (χ3v) is 5.47. The van der Waals surface area contributed by atoms with Crippen LogP contribution in [0.25, 0.3) is 16.8 Å². The second-order valence-corrected chi connectivity index (χ2v) is 7.35. The number of hydrogen-bond donors (Lipinski definition) is 2. The van der Waals surface area contributed by atoms with Crippen LogP contribution < -0.4 is 15.4 Å². The Kier molecular flexibility index (Phi) is 5.71. The molecule has 0 atom stereocenters. The molecule has 0 aliphatic rings. The number of ether oxygens (including phenoxy) is 1. The molecule has 0 amide bonds. The molecule has 29 heavy (non-hydrogen) atoms. The van der Waals surface area contributed by atoms with E-state index in [-0.39, 0.29) is 0 Å². The number of rotatable bonds is 6. The molecule has 0 aliphatic heterocycles. The molecule has 4 aromatic rings. The SMILES string of the molecule is CN=C(NCc1cc(-c2ccc(OC)cc2)cs1)NCc1nnc2ccccn12. The van der Waals surface area contributed by atoms with Gasteiger partial charge in [0.15, 0.2) is 17.4 Å². The van der Waals surface area contributed by atoms with Gasteiger partial charge in [0.1, 0.15) is 5.75 Å². The van der Waals surface area contributed by atoms with E-state index in [1.165, 1.54) is 16.0 Å². The van der Waals surface area contributed by atoms with Gasteiger partial charge >= 0.3 is 0 Å². The molecule has 0 saturated carbocycles. The Hall–Kier alpha value is -3.39. The van der Waals surface area contributed by atoms with Crippen LogP contribution in [0.3, 0.4) is 0 Å². The molecule has 2 N–H and O–H groups in total. The van der Waals surface area contributed by atoms with Crippen LogP contribution in [0.15, 0.2) is 65.1 Å². The fourth-order valence-electron chi connectivity index (χ4n) is 2.97. The minimum absolute atomic E-state index is 0.534. The number of aliphatic imine (C=N–C) groups is 1. The first kappa shape index (κ1) is 18.9. The van der Waals surface area contributed by atoms with Crippen molar-refractivity contribution in [2.75, 3.05) is 14.2 Å². The minimum atomic E-state index is 0.534. The van der Waals surface area contributed by atoms with Gasteiger partial charge < -0.3 is 15.4 Å². The normalized spacial score (nSPS) is 11.6. The molecule has 0 fully saturated rings. The van der Waals surface area contributed by atoms with Gasteiger partial charge in [-0.3, -0.25) is 9.39 Å². The summed E-state index contributed by atoms with van der Waals surface area (Å²) >= 11 is 1.72. The predicted molar refractivity (Wildman–Crippen MR) is 116 cm³/mol. The summed E-state index contributed by atoms with van der Waals surface area (Å²) in [6.07, 6.45) is 1.95. The summed E-state index contributed by atoms with van der Waals surface area (Å²) in [5.74, 6) is 2.42. The molecule has 0 bridgehead atoms. The average molecular weight is 407 g/mol. The molecule has 0 radical (unpaired) electrons. The van der Waals surface area contributed by atoms with Crippen molar-refractivity contribution in [3.05, 3.63) is 70.8 Å². The van der Waals surface area contributed by atoms with Gasteiger partial charge in [0.2, 0.25) is 0 Å². The molecule has 1 aromatic carbocycles. The molecule has 3 heterocycles. The maximum absolute atomic E-state index is 5.22. The van der Waals surface area contributed by atoms with E-state index in [0.717, 1.165) is 23.2 Å². The fraction of sp³-hybridized carbons (Fsp3) is 0.190. The largest absolute Gasteiger partial charge is 0.497 e. The Labute approximate surface area is 173 Å². The Morgan fingerprint density at radius 1 is 1.07 bits per heavy atom. The molecule has 4 rings (SSSR count). The highest BCUT2D eigenvalue weighted by atomic mass is 32.1. The van der Waals surface area contributed by atoms with Crippen LogP contribution in [-0.4, -0.2) is 34.7 Å². The van der Waals surface area contributed by atoms with E-state index in [1.807, 2.05) is 40.9 Å². The number of aromatic nitrogens is 3. The number of fused-ring (bicyclic) bond motifs is 1. The molecular formula is C21H22N6OS. The number of nitrogens with zero attached hydrogens (tertiary/aromatic N) is 4. The maximum atomic E-state index is 5.22. The Morgan fingerprint density at radius 2 is 1.90 bits per heavy atom. The van der Waals surface area contributed by atoms with E-state index in [1.54, 1.807) is 25.5 Å². The standard InChI is InChI=1S/C21H22N6OS/c1-22-21(24-13-20-26-25-19-5-3-4-10-27(19)20)23-12-18-11-16(14-29-18)15-6-8-17(28-2)9-7-15/h3-11,14H,12-13H2,1-2H3,(H2,22,23,24). The van der Waals surface area contributed by atoms with Crippen LogP contribution in [-0.2, 0) is 13.1 Å². The predicted octanol–water partition coefficient (Wildman–Crippen LogP) is 3.33. The Balaban J connectivity index is 1.34. The van der Waals surface area contributed by atoms with Crippen LogP contribution >= 0.6 is 11.3 Å². The zero-order valence-corrected chi connectivity index (χ0v) is 17.1. The number of nitrogens with one attached hydrogen (secondary N) is 2. The van der Waals surface area contributed by atoms with Crippen LogP contribution in [0.2, 0.25) is 0 Å². The molecule has 3 aromatic heterocycles. The van der Waals surface area contributed by atoms with Gasteiger partial charge in [-0.15, -0.1) is 21.5 Å². The van der Waals surface area contributed by atoms with Gasteiger partial charge in [-0.1, -0.05) is 18.2 Å². The molecule has 7 nitrogen and oxygen atoms in total. The average Bonchev–Trinajstić information content (AvgIpc) is 3.41. The van der Waals surface area contributed by atoms with Crippen molar-refractivity contribution >= 4 is 22.9 Å². The second kappa shape index (κ2) is 8.74. The lowest BCUT2D eigenvalue weighted by Crippen LogP contribution is -2.36. The summed E-state index contributed by atoms with van der Waals surface area (Å²) in [5, 5.41) is 17.2. The van der Waals surface area contributed by atoms with Crippen molar-refractivity contribution in [1.82, 2.24) is 25.2 Å². The van der Waals surface area contributed by atoms with E-state index in [9.17, 15) is 0 Å². The summed E-state index contributed by atoms with van der Waals surface area (Å²) in [6.45, 7) is 1.23. The molecule has 0 saturated heterocycles. The highest BCUT2D eigenvalue weighted by Gasteiger charge is 2.07. The van der Waals surface area contributed by atoms with E-state index in [0.29, 0.717) is 13.1 Å². The number of thiophene rings is 1. The third kappa shape index (κ3) is 4.38. The van der Waals surface area contributed by atoms with Crippen molar-refractivity contribution < 1.29 is 4.74 Å². The number of benzene rings is 1. The van der Waals surface area contributed by atoms with Crippen molar-refractivity contribution in [2.24, 2.45) is 4.99 Å². The van der Waals surface area contributed by atoms with Crippen LogP contribution in [0.4, 0.5) is 0 Å². The molecule has 0 unspecified atom stereocenters. The van der Waals surface area contributed by atoms with Crippen molar-refractivity contribution in [3.8, 4) is 16.9 Å². The van der Waals surface area contributed by atoms with Crippen LogP contribution in [0, 0.1) is 0 Å². The van der Waals surface area contributed by atoms with Crippen LogP contribution in [0.5, 0.6) is 5.75 Å². The molecule has 0 spiro atoms. The smallest absolute Gasteiger partial charge is 0.191 e. The van der Waals surface area contributed by atoms with Gasteiger partial charge in [-0.05, 0) is 46.8 Å². The first-order valence-electron chi connectivity index (χ1n) is 9.22. The van der Waals surface area contributed by atoms with Crippen molar-refractivity contribution in [1.29, 1.82) is 0 Å². The lowest BCUT2D eigenvalue weighted by Gasteiger charge is -2.10. The highest BCUT2D eigenvalue weighted by molar-refractivity contribution is 7.10. The van der Waals surface area contributed by atoms with Gasteiger partial charge in [0.05, 0.1) is 20.2 Å². The first-order valence-corrected chi connectivity index (χ1v) is 10.1. The highest BCUT2D eigenvalue weighted by Crippen LogP contribution is 2.27. The summed E-state index contributed by atoms with van der Waals surface area (Å²) < 4.78 is 7.18. The Morgan fingerprint density at radius 3 is 2.69 bits per heavy atom. The number of methoxy groups -OCH3 is 1. The third-order valence-electron chi connectivity index (χ3n) is 4.53. The molecule has 148 valence electrons. The second-order valence-electron chi connectivity index (χ2n) is 6.35. The Bertz CT molecular complexity index is 1120. The number of guanidine groups is 1. The lowest BCUT2D eigenvalue weighted by atomic mass is 10.1.